The molecule has 31 heavy (non-hydrogen) atoms. The SMILES string of the molecule is COc1ccc2c(c1)nc(NCCCCNC(=O)OC(C)C)c1nnc(C(F)(F)F)n12. The molecule has 2 heterocycles. The van der Waals surface area contributed by atoms with Crippen molar-refractivity contribution in [1.82, 2.24) is 24.9 Å². The standard InChI is InChI=1S/C19H23F3N6O3/c1-11(2)31-18(29)24-9-5-4-8-23-15-16-26-27-17(19(20,21)22)28(16)14-7-6-12(30-3)10-13(14)25-15/h6-7,10-11H,4-5,8-9H2,1-3H3,(H,23,25)(H,24,29). The molecule has 1 aromatic carbocycles. The van der Waals surface area contributed by atoms with Crippen LogP contribution >= 0.6 is 0 Å². The summed E-state index contributed by atoms with van der Waals surface area (Å²) < 4.78 is 51.4. The largest absolute Gasteiger partial charge is 0.497 e. The van der Waals surface area contributed by atoms with Gasteiger partial charge in [0, 0.05) is 19.2 Å². The third kappa shape index (κ3) is 5.25. The maximum atomic E-state index is 13.5. The summed E-state index contributed by atoms with van der Waals surface area (Å²) in [5.74, 6) is -0.488. The van der Waals surface area contributed by atoms with Gasteiger partial charge in [-0.3, -0.25) is 4.40 Å². The lowest BCUT2D eigenvalue weighted by molar-refractivity contribution is -0.145. The number of ether oxygens (including phenoxy) is 2. The Kier molecular flexibility index (Phi) is 6.66. The highest BCUT2D eigenvalue weighted by molar-refractivity contribution is 5.84. The molecule has 0 spiro atoms. The molecular formula is C19H23F3N6O3. The smallest absolute Gasteiger partial charge is 0.452 e. The Hall–Kier alpha value is -3.31. The number of nitrogens with zero attached hydrogens (tertiary/aromatic N) is 4. The topological polar surface area (TPSA) is 103 Å². The number of nitrogens with one attached hydrogen (secondary N) is 2. The van der Waals surface area contributed by atoms with Crippen molar-refractivity contribution in [2.75, 3.05) is 25.5 Å². The molecule has 0 bridgehead atoms. The summed E-state index contributed by atoms with van der Waals surface area (Å²) in [7, 11) is 1.46. The van der Waals surface area contributed by atoms with Crippen LogP contribution in [0.15, 0.2) is 18.2 Å². The Morgan fingerprint density at radius 1 is 1.19 bits per heavy atom. The number of fused-ring (bicyclic) bond motifs is 3. The number of halogens is 3. The number of benzene rings is 1. The number of hydrogen-bond acceptors (Lipinski definition) is 7. The van der Waals surface area contributed by atoms with Gasteiger partial charge in [0.05, 0.1) is 24.2 Å². The van der Waals surface area contributed by atoms with Crippen LogP contribution in [0.4, 0.5) is 23.8 Å². The lowest BCUT2D eigenvalue weighted by Crippen LogP contribution is -2.27. The van der Waals surface area contributed by atoms with E-state index in [1.807, 2.05) is 0 Å². The van der Waals surface area contributed by atoms with E-state index in [0.29, 0.717) is 37.2 Å². The van der Waals surface area contributed by atoms with Crippen molar-refractivity contribution in [3.63, 3.8) is 0 Å². The number of anilines is 1. The summed E-state index contributed by atoms with van der Waals surface area (Å²) in [6.07, 6.45) is -4.10. The molecule has 0 unspecified atom stereocenters. The molecule has 12 heteroatoms. The molecular weight excluding hydrogens is 417 g/mol. The van der Waals surface area contributed by atoms with Crippen molar-refractivity contribution in [3.05, 3.63) is 24.0 Å². The fourth-order valence-electron chi connectivity index (χ4n) is 2.95. The second kappa shape index (κ2) is 9.23. The molecule has 0 atom stereocenters. The number of methoxy groups -OCH3 is 1. The minimum atomic E-state index is -4.68. The highest BCUT2D eigenvalue weighted by Crippen LogP contribution is 2.32. The Balaban J connectivity index is 1.77. The molecule has 168 valence electrons. The van der Waals surface area contributed by atoms with Crippen molar-refractivity contribution < 1.29 is 27.4 Å². The summed E-state index contributed by atoms with van der Waals surface area (Å²) in [5, 5.41) is 12.7. The number of hydrogen-bond donors (Lipinski definition) is 2. The van der Waals surface area contributed by atoms with Crippen molar-refractivity contribution in [2.24, 2.45) is 0 Å². The van der Waals surface area contributed by atoms with Crippen LogP contribution in [0.2, 0.25) is 0 Å². The summed E-state index contributed by atoms with van der Waals surface area (Å²) in [4.78, 5) is 15.8. The van der Waals surface area contributed by atoms with Crippen molar-refractivity contribution >= 4 is 28.6 Å². The zero-order valence-corrected chi connectivity index (χ0v) is 17.3. The second-order valence-corrected chi connectivity index (χ2v) is 7.01. The number of unbranched alkanes of at least 4 members (excludes halogenated alkanes) is 1. The van der Waals surface area contributed by atoms with Gasteiger partial charge in [0.15, 0.2) is 5.82 Å². The minimum absolute atomic E-state index is 0.0244. The van der Waals surface area contributed by atoms with E-state index >= 15 is 0 Å². The monoisotopic (exact) mass is 440 g/mol. The summed E-state index contributed by atoms with van der Waals surface area (Å²) in [6.45, 7) is 4.33. The van der Waals surface area contributed by atoms with Crippen LogP contribution in [0.1, 0.15) is 32.5 Å². The summed E-state index contributed by atoms with van der Waals surface area (Å²) in [6, 6.07) is 4.58. The zero-order chi connectivity index (χ0) is 22.6. The second-order valence-electron chi connectivity index (χ2n) is 7.01. The third-order valence-electron chi connectivity index (χ3n) is 4.29. The number of carbonyl (C=O) groups is 1. The van der Waals surface area contributed by atoms with Gasteiger partial charge in [-0.2, -0.15) is 13.2 Å². The number of amides is 1. The zero-order valence-electron chi connectivity index (χ0n) is 17.3. The number of carbonyl (C=O) groups excluding carboxylic acids is 1. The summed E-state index contributed by atoms with van der Waals surface area (Å²) >= 11 is 0. The van der Waals surface area contributed by atoms with Crippen LogP contribution in [0.5, 0.6) is 5.75 Å². The van der Waals surface area contributed by atoms with Gasteiger partial charge < -0.3 is 20.1 Å². The van der Waals surface area contributed by atoms with E-state index in [-0.39, 0.29) is 23.1 Å². The Labute approximate surface area is 175 Å². The van der Waals surface area contributed by atoms with Crippen molar-refractivity contribution in [3.8, 4) is 5.75 Å². The van der Waals surface area contributed by atoms with Crippen LogP contribution in [0.3, 0.4) is 0 Å². The number of alkyl carbamates (subject to hydrolysis) is 1. The predicted molar refractivity (Wildman–Crippen MR) is 107 cm³/mol. The van der Waals surface area contributed by atoms with Gasteiger partial charge in [0.2, 0.25) is 11.5 Å². The molecule has 9 nitrogen and oxygen atoms in total. The van der Waals surface area contributed by atoms with E-state index in [1.165, 1.54) is 13.2 Å². The first-order chi connectivity index (χ1) is 14.7. The molecule has 3 aromatic rings. The predicted octanol–water partition coefficient (Wildman–Crippen LogP) is 3.63. The van der Waals surface area contributed by atoms with Gasteiger partial charge >= 0.3 is 12.3 Å². The molecule has 0 aliphatic carbocycles. The average molecular weight is 440 g/mol. The van der Waals surface area contributed by atoms with Crippen LogP contribution < -0.4 is 15.4 Å². The number of rotatable bonds is 8. The minimum Gasteiger partial charge on any atom is -0.497 e. The van der Waals surface area contributed by atoms with Gasteiger partial charge in [-0.15, -0.1) is 10.2 Å². The van der Waals surface area contributed by atoms with E-state index in [9.17, 15) is 18.0 Å². The third-order valence-corrected chi connectivity index (χ3v) is 4.29. The van der Waals surface area contributed by atoms with Crippen molar-refractivity contribution in [1.29, 1.82) is 0 Å². The lowest BCUT2D eigenvalue weighted by atomic mass is 10.2. The summed E-state index contributed by atoms with van der Waals surface area (Å²) in [5.41, 5.74) is 0.493. The molecule has 2 aromatic heterocycles. The van der Waals surface area contributed by atoms with E-state index in [0.717, 1.165) is 4.40 Å². The van der Waals surface area contributed by atoms with Crippen LogP contribution in [-0.2, 0) is 10.9 Å². The van der Waals surface area contributed by atoms with Gasteiger partial charge in [-0.1, -0.05) is 0 Å². The molecule has 0 saturated carbocycles. The molecule has 1 amide bonds. The number of alkyl halides is 3. The first-order valence-corrected chi connectivity index (χ1v) is 9.69. The van der Waals surface area contributed by atoms with Crippen LogP contribution in [0, 0.1) is 0 Å². The van der Waals surface area contributed by atoms with Gasteiger partial charge in [0.1, 0.15) is 5.75 Å². The van der Waals surface area contributed by atoms with Gasteiger partial charge in [0.25, 0.3) is 0 Å². The quantitative estimate of drug-likeness (QED) is 0.516. The van der Waals surface area contributed by atoms with E-state index < -0.39 is 18.1 Å². The van der Waals surface area contributed by atoms with Gasteiger partial charge in [-0.25, -0.2) is 9.78 Å². The molecule has 0 aliphatic rings. The Morgan fingerprint density at radius 2 is 1.94 bits per heavy atom. The molecule has 0 aliphatic heterocycles. The highest BCUT2D eigenvalue weighted by Gasteiger charge is 2.38. The maximum Gasteiger partial charge on any atom is 0.452 e. The Morgan fingerprint density at radius 3 is 2.61 bits per heavy atom. The van der Waals surface area contributed by atoms with E-state index in [1.54, 1.807) is 26.0 Å². The van der Waals surface area contributed by atoms with E-state index in [2.05, 4.69) is 25.8 Å². The maximum absolute atomic E-state index is 13.5. The fraction of sp³-hybridized carbons (Fsp3) is 0.474. The fourth-order valence-corrected chi connectivity index (χ4v) is 2.95. The van der Waals surface area contributed by atoms with Gasteiger partial charge in [-0.05, 0) is 38.8 Å². The molecule has 2 N–H and O–H groups in total. The average Bonchev–Trinajstić information content (AvgIpc) is 3.15. The molecule has 0 fully saturated rings. The number of aromatic nitrogens is 4. The lowest BCUT2D eigenvalue weighted by Gasteiger charge is -2.12. The van der Waals surface area contributed by atoms with Crippen LogP contribution in [-0.4, -0.2) is 52.0 Å². The highest BCUT2D eigenvalue weighted by atomic mass is 19.4. The molecule has 0 saturated heterocycles. The molecule has 0 radical (unpaired) electrons. The normalized spacial score (nSPS) is 11.8. The Bertz CT molecular complexity index is 1070. The van der Waals surface area contributed by atoms with Crippen molar-refractivity contribution in [2.45, 2.75) is 39.0 Å². The van der Waals surface area contributed by atoms with Crippen LogP contribution in [0.25, 0.3) is 16.7 Å². The first-order valence-electron chi connectivity index (χ1n) is 9.69. The molecule has 3 rings (SSSR count). The van der Waals surface area contributed by atoms with E-state index in [4.69, 9.17) is 9.47 Å². The first kappa shape index (κ1) is 22.4.